The topological polar surface area (TPSA) is 67.9 Å². The van der Waals surface area contributed by atoms with E-state index in [-0.39, 0.29) is 17.9 Å². The van der Waals surface area contributed by atoms with Crippen LogP contribution in [0.25, 0.3) is 11.1 Å². The molecule has 0 aliphatic carbocycles. The lowest BCUT2D eigenvalue weighted by Crippen LogP contribution is -2.39. The third-order valence-corrected chi connectivity index (χ3v) is 6.56. The molecule has 1 saturated heterocycles. The van der Waals surface area contributed by atoms with Gasteiger partial charge in [-0.1, -0.05) is 0 Å². The Morgan fingerprint density at radius 2 is 1.97 bits per heavy atom. The summed E-state index contributed by atoms with van der Waals surface area (Å²) >= 11 is 1.32. The molecule has 0 saturated carbocycles. The molecule has 0 radical (unpaired) electrons. The second-order valence-corrected chi connectivity index (χ2v) is 8.81. The van der Waals surface area contributed by atoms with Crippen LogP contribution in [0.3, 0.4) is 0 Å². The molecule has 166 valence electrons. The van der Waals surface area contributed by atoms with E-state index in [9.17, 15) is 14.0 Å². The van der Waals surface area contributed by atoms with Crippen molar-refractivity contribution in [2.75, 3.05) is 32.9 Å². The molecule has 1 N–H and O–H groups in total. The van der Waals surface area contributed by atoms with Crippen molar-refractivity contribution in [2.24, 2.45) is 0 Å². The van der Waals surface area contributed by atoms with Crippen LogP contribution in [0.1, 0.15) is 41.8 Å². The van der Waals surface area contributed by atoms with Gasteiger partial charge in [-0.15, -0.1) is 11.3 Å². The van der Waals surface area contributed by atoms with Crippen LogP contribution in [0.5, 0.6) is 5.75 Å². The SMILES string of the molecule is O=C1NCCOCCCCC(=O)N2CCC[C@H]2COc2cc(F)cc(c2)-c2csc1c2. The maximum atomic E-state index is 14.3. The number of ether oxygens (including phenoxy) is 2. The first-order valence-electron chi connectivity index (χ1n) is 10.8. The summed E-state index contributed by atoms with van der Waals surface area (Å²) in [5.74, 6) is -0.00560. The Morgan fingerprint density at radius 1 is 1.06 bits per heavy atom. The van der Waals surface area contributed by atoms with Gasteiger partial charge in [0.05, 0.1) is 17.5 Å². The van der Waals surface area contributed by atoms with Gasteiger partial charge in [0.15, 0.2) is 0 Å². The molecular formula is C23H27FN2O4S. The molecule has 1 aromatic carbocycles. The molecule has 2 aliphatic heterocycles. The van der Waals surface area contributed by atoms with Gasteiger partial charge in [0.2, 0.25) is 5.91 Å². The van der Waals surface area contributed by atoms with Crippen molar-refractivity contribution in [3.63, 3.8) is 0 Å². The number of fused-ring (bicyclic) bond motifs is 6. The van der Waals surface area contributed by atoms with Crippen LogP contribution in [0, 0.1) is 5.82 Å². The zero-order chi connectivity index (χ0) is 21.6. The fraction of sp³-hybridized carbons (Fsp3) is 0.478. The van der Waals surface area contributed by atoms with Gasteiger partial charge in [-0.05, 0) is 60.4 Å². The third-order valence-electron chi connectivity index (χ3n) is 5.63. The fourth-order valence-electron chi connectivity index (χ4n) is 4.00. The second kappa shape index (κ2) is 10.2. The first-order chi connectivity index (χ1) is 15.1. The highest BCUT2D eigenvalue weighted by atomic mass is 32.1. The van der Waals surface area contributed by atoms with E-state index >= 15 is 0 Å². The van der Waals surface area contributed by atoms with Crippen molar-refractivity contribution in [3.05, 3.63) is 40.3 Å². The van der Waals surface area contributed by atoms with E-state index in [1.54, 1.807) is 12.1 Å². The summed E-state index contributed by atoms with van der Waals surface area (Å²) in [6, 6.07) is 6.34. The van der Waals surface area contributed by atoms with Gasteiger partial charge in [-0.25, -0.2) is 4.39 Å². The van der Waals surface area contributed by atoms with Gasteiger partial charge >= 0.3 is 0 Å². The van der Waals surface area contributed by atoms with Crippen molar-refractivity contribution in [3.8, 4) is 16.9 Å². The molecule has 1 atom stereocenters. The Bertz CT molecular complexity index is 932. The smallest absolute Gasteiger partial charge is 0.261 e. The minimum atomic E-state index is -0.400. The van der Waals surface area contributed by atoms with Crippen LogP contribution >= 0.6 is 11.3 Å². The summed E-state index contributed by atoms with van der Waals surface area (Å²) < 4.78 is 25.7. The summed E-state index contributed by atoms with van der Waals surface area (Å²) in [5, 5.41) is 4.67. The number of hydrogen-bond donors (Lipinski definition) is 1. The summed E-state index contributed by atoms with van der Waals surface area (Å²) in [6.45, 7) is 2.50. The number of carbonyl (C=O) groups is 2. The number of nitrogens with zero attached hydrogens (tertiary/aromatic N) is 1. The minimum absolute atomic E-state index is 0.0116. The van der Waals surface area contributed by atoms with Gasteiger partial charge in [-0.3, -0.25) is 9.59 Å². The highest BCUT2D eigenvalue weighted by Crippen LogP contribution is 2.30. The van der Waals surface area contributed by atoms with E-state index in [4.69, 9.17) is 9.47 Å². The van der Waals surface area contributed by atoms with Crippen LogP contribution in [0.15, 0.2) is 29.6 Å². The normalized spacial score (nSPS) is 21.2. The van der Waals surface area contributed by atoms with Crippen LogP contribution in [-0.2, 0) is 9.53 Å². The maximum Gasteiger partial charge on any atom is 0.261 e. The zero-order valence-electron chi connectivity index (χ0n) is 17.4. The Labute approximate surface area is 185 Å². The molecule has 2 aliphatic rings. The number of thiophene rings is 1. The molecule has 31 heavy (non-hydrogen) atoms. The molecular weight excluding hydrogens is 419 g/mol. The Morgan fingerprint density at radius 3 is 2.87 bits per heavy atom. The van der Waals surface area contributed by atoms with Crippen molar-refractivity contribution in [1.29, 1.82) is 0 Å². The number of rotatable bonds is 0. The number of halogens is 1. The fourth-order valence-corrected chi connectivity index (χ4v) is 4.83. The molecule has 0 unspecified atom stereocenters. The molecule has 2 amide bonds. The molecule has 4 rings (SSSR count). The van der Waals surface area contributed by atoms with Crippen molar-refractivity contribution < 1.29 is 23.5 Å². The van der Waals surface area contributed by atoms with Gasteiger partial charge in [-0.2, -0.15) is 0 Å². The molecule has 1 fully saturated rings. The molecule has 0 spiro atoms. The lowest BCUT2D eigenvalue weighted by Gasteiger charge is -2.25. The summed E-state index contributed by atoms with van der Waals surface area (Å²) in [6.07, 6.45) is 3.89. The third kappa shape index (κ3) is 5.62. The van der Waals surface area contributed by atoms with Gasteiger partial charge in [0.25, 0.3) is 5.91 Å². The lowest BCUT2D eigenvalue weighted by atomic mass is 10.1. The highest BCUT2D eigenvalue weighted by Gasteiger charge is 2.28. The monoisotopic (exact) mass is 446 g/mol. The van der Waals surface area contributed by atoms with E-state index in [0.29, 0.717) is 49.0 Å². The molecule has 6 nitrogen and oxygen atoms in total. The molecule has 2 aromatic rings. The van der Waals surface area contributed by atoms with E-state index < -0.39 is 5.82 Å². The molecule has 4 bridgehead atoms. The predicted molar refractivity (Wildman–Crippen MR) is 117 cm³/mol. The van der Waals surface area contributed by atoms with Crippen LogP contribution in [0.2, 0.25) is 0 Å². The summed E-state index contributed by atoms with van der Waals surface area (Å²) in [7, 11) is 0. The van der Waals surface area contributed by atoms with Crippen LogP contribution in [-0.4, -0.2) is 55.7 Å². The average molecular weight is 447 g/mol. The number of amides is 2. The lowest BCUT2D eigenvalue weighted by molar-refractivity contribution is -0.132. The summed E-state index contributed by atoms with van der Waals surface area (Å²) in [5.41, 5.74) is 1.42. The minimum Gasteiger partial charge on any atom is -0.491 e. The zero-order valence-corrected chi connectivity index (χ0v) is 18.2. The molecule has 1 aromatic heterocycles. The average Bonchev–Trinajstić information content (AvgIpc) is 3.43. The maximum absolute atomic E-state index is 14.3. The van der Waals surface area contributed by atoms with E-state index in [1.807, 2.05) is 10.3 Å². The molecule has 3 heterocycles. The van der Waals surface area contributed by atoms with Gasteiger partial charge < -0.3 is 19.7 Å². The van der Waals surface area contributed by atoms with Gasteiger partial charge in [0, 0.05) is 32.2 Å². The van der Waals surface area contributed by atoms with Crippen LogP contribution in [0.4, 0.5) is 4.39 Å². The standard InChI is InChI=1S/C23H27FN2O4S/c24-18-10-16-11-20(13-18)30-14-19-4-3-7-26(19)22(27)5-1-2-8-29-9-6-25-23(28)21-12-17(16)15-31-21/h10-13,15,19H,1-9,14H2,(H,25,28)/t19-/m0/s1. The largest absolute Gasteiger partial charge is 0.491 e. The molecule has 8 heteroatoms. The number of carbonyl (C=O) groups excluding carboxylic acids is 2. The van der Waals surface area contributed by atoms with Crippen molar-refractivity contribution in [2.45, 2.75) is 38.1 Å². The first kappa shape index (κ1) is 21.8. The number of nitrogens with one attached hydrogen (secondary N) is 1. The Balaban J connectivity index is 1.54. The predicted octanol–water partition coefficient (Wildman–Crippen LogP) is 3.85. The Kier molecular flexibility index (Phi) is 7.19. The van der Waals surface area contributed by atoms with Gasteiger partial charge in [0.1, 0.15) is 18.2 Å². The first-order valence-corrected chi connectivity index (χ1v) is 11.7. The summed E-state index contributed by atoms with van der Waals surface area (Å²) in [4.78, 5) is 27.5. The van der Waals surface area contributed by atoms with Crippen molar-refractivity contribution >= 4 is 23.2 Å². The second-order valence-electron chi connectivity index (χ2n) is 7.89. The Hall–Kier alpha value is -2.45. The van der Waals surface area contributed by atoms with Crippen LogP contribution < -0.4 is 10.1 Å². The number of hydrogen-bond acceptors (Lipinski definition) is 5. The highest BCUT2D eigenvalue weighted by molar-refractivity contribution is 7.12. The van der Waals surface area contributed by atoms with E-state index in [1.165, 1.54) is 23.5 Å². The quantitative estimate of drug-likeness (QED) is 0.668. The van der Waals surface area contributed by atoms with E-state index in [2.05, 4.69) is 5.32 Å². The number of benzene rings is 1. The van der Waals surface area contributed by atoms with E-state index in [0.717, 1.165) is 37.8 Å². The van der Waals surface area contributed by atoms with Crippen molar-refractivity contribution in [1.82, 2.24) is 10.2 Å².